The third-order valence-corrected chi connectivity index (χ3v) is 4.63. The average Bonchev–Trinajstić information content (AvgIpc) is 2.65. The van der Waals surface area contributed by atoms with Crippen LogP contribution in [-0.4, -0.2) is 14.9 Å². The quantitative estimate of drug-likeness (QED) is 0.692. The molecule has 1 heterocycles. The minimum absolute atomic E-state index is 0.268. The molecule has 0 saturated heterocycles. The zero-order valence-corrected chi connectivity index (χ0v) is 15.7. The van der Waals surface area contributed by atoms with Crippen molar-refractivity contribution in [2.75, 3.05) is 0 Å². The van der Waals surface area contributed by atoms with Crippen LogP contribution < -0.4 is 5.56 Å². The van der Waals surface area contributed by atoms with Gasteiger partial charge in [-0.2, -0.15) is 5.10 Å². The molecule has 1 aromatic heterocycles. The third kappa shape index (κ3) is 4.62. The van der Waals surface area contributed by atoms with Crippen LogP contribution in [0.25, 0.3) is 11.3 Å². The first kappa shape index (κ1) is 19.3. The second-order valence-electron chi connectivity index (χ2n) is 6.44. The number of nitrogens with zero attached hydrogens (tertiary/aromatic N) is 2. The Labute approximate surface area is 161 Å². The van der Waals surface area contributed by atoms with Gasteiger partial charge in [-0.25, -0.2) is 9.07 Å². The molecule has 6 heteroatoms. The molecule has 27 heavy (non-hydrogen) atoms. The van der Waals surface area contributed by atoms with Gasteiger partial charge >= 0.3 is 0 Å². The molecule has 3 aromatic rings. The number of rotatable bonds is 6. The predicted molar refractivity (Wildman–Crippen MR) is 104 cm³/mol. The Morgan fingerprint density at radius 3 is 2.70 bits per heavy atom. The number of aliphatic hydroxyl groups excluding tert-OH is 1. The molecule has 0 unspecified atom stereocenters. The summed E-state index contributed by atoms with van der Waals surface area (Å²) in [7, 11) is 0. The molecule has 0 radical (unpaired) electrons. The van der Waals surface area contributed by atoms with Gasteiger partial charge in [0.2, 0.25) is 0 Å². The Kier molecular flexibility index (Phi) is 6.04. The van der Waals surface area contributed by atoms with Crippen LogP contribution in [0.1, 0.15) is 23.1 Å². The highest BCUT2D eigenvalue weighted by atomic mass is 35.5. The molecule has 0 atom stereocenters. The highest BCUT2D eigenvalue weighted by Crippen LogP contribution is 2.20. The molecule has 0 aliphatic carbocycles. The summed E-state index contributed by atoms with van der Waals surface area (Å²) in [4.78, 5) is 12.5. The van der Waals surface area contributed by atoms with Crippen LogP contribution in [0.2, 0.25) is 5.02 Å². The Balaban J connectivity index is 1.85. The smallest absolute Gasteiger partial charge is 0.272 e. The van der Waals surface area contributed by atoms with E-state index >= 15 is 0 Å². The van der Waals surface area contributed by atoms with E-state index < -0.39 is 0 Å². The average molecular weight is 387 g/mol. The molecule has 0 aliphatic heterocycles. The van der Waals surface area contributed by atoms with Gasteiger partial charge in [-0.05, 0) is 67.3 Å². The Morgan fingerprint density at radius 1 is 1.19 bits per heavy atom. The van der Waals surface area contributed by atoms with Crippen LogP contribution >= 0.6 is 11.6 Å². The highest BCUT2D eigenvalue weighted by molar-refractivity contribution is 6.30. The highest BCUT2D eigenvalue weighted by Gasteiger charge is 2.11. The van der Waals surface area contributed by atoms with E-state index in [-0.39, 0.29) is 23.5 Å². The minimum atomic E-state index is -0.372. The van der Waals surface area contributed by atoms with Crippen molar-refractivity contribution in [2.24, 2.45) is 0 Å². The molecule has 3 rings (SSSR count). The van der Waals surface area contributed by atoms with Crippen LogP contribution in [0.15, 0.2) is 53.3 Å². The minimum Gasteiger partial charge on any atom is -0.391 e. The van der Waals surface area contributed by atoms with Gasteiger partial charge in [0, 0.05) is 22.7 Å². The number of benzene rings is 2. The SMILES string of the molecule is Cc1cc(-c2cc(CO)c(=O)n(CCCc3cccc(Cl)c3)n2)ccc1F. The van der Waals surface area contributed by atoms with Crippen LogP contribution in [0.3, 0.4) is 0 Å². The molecule has 0 saturated carbocycles. The van der Waals surface area contributed by atoms with Gasteiger partial charge in [0.15, 0.2) is 0 Å². The lowest BCUT2D eigenvalue weighted by Crippen LogP contribution is -2.27. The molecule has 0 bridgehead atoms. The normalized spacial score (nSPS) is 11.0. The maximum atomic E-state index is 13.5. The van der Waals surface area contributed by atoms with Crippen molar-refractivity contribution < 1.29 is 9.50 Å². The molecule has 140 valence electrons. The molecule has 1 N–H and O–H groups in total. The summed E-state index contributed by atoms with van der Waals surface area (Å²) in [5.41, 5.74) is 2.77. The van der Waals surface area contributed by atoms with E-state index in [1.54, 1.807) is 25.1 Å². The van der Waals surface area contributed by atoms with Crippen molar-refractivity contribution in [1.82, 2.24) is 9.78 Å². The zero-order valence-electron chi connectivity index (χ0n) is 15.0. The van der Waals surface area contributed by atoms with Crippen molar-refractivity contribution >= 4 is 11.6 Å². The van der Waals surface area contributed by atoms with Crippen LogP contribution in [0.4, 0.5) is 4.39 Å². The van der Waals surface area contributed by atoms with Gasteiger partial charge < -0.3 is 5.11 Å². The molecular formula is C21H20ClFN2O2. The summed E-state index contributed by atoms with van der Waals surface area (Å²) in [6.45, 7) is 1.71. The van der Waals surface area contributed by atoms with Gasteiger partial charge in [-0.1, -0.05) is 23.7 Å². The number of hydrogen-bond donors (Lipinski definition) is 1. The first-order valence-electron chi connectivity index (χ1n) is 8.71. The fourth-order valence-electron chi connectivity index (χ4n) is 2.93. The Bertz CT molecular complexity index is 1020. The molecule has 4 nitrogen and oxygen atoms in total. The van der Waals surface area contributed by atoms with Crippen LogP contribution in [0, 0.1) is 12.7 Å². The second-order valence-corrected chi connectivity index (χ2v) is 6.88. The van der Waals surface area contributed by atoms with Crippen LogP contribution in [-0.2, 0) is 19.6 Å². The number of aryl methyl sites for hydroxylation is 3. The molecule has 0 fully saturated rings. The summed E-state index contributed by atoms with van der Waals surface area (Å²) >= 11 is 6.00. The maximum absolute atomic E-state index is 13.5. The maximum Gasteiger partial charge on any atom is 0.272 e. The molecule has 0 aliphatic rings. The predicted octanol–water partition coefficient (Wildman–Crippen LogP) is 4.14. The zero-order chi connectivity index (χ0) is 19.4. The number of hydrogen-bond acceptors (Lipinski definition) is 3. The molecule has 2 aromatic carbocycles. The summed E-state index contributed by atoms with van der Waals surface area (Å²) < 4.78 is 14.9. The first-order valence-corrected chi connectivity index (χ1v) is 9.08. The summed E-state index contributed by atoms with van der Waals surface area (Å²) in [5, 5.41) is 14.6. The third-order valence-electron chi connectivity index (χ3n) is 4.40. The largest absolute Gasteiger partial charge is 0.391 e. The van der Waals surface area contributed by atoms with Gasteiger partial charge in [-0.15, -0.1) is 0 Å². The van der Waals surface area contributed by atoms with Crippen molar-refractivity contribution in [3.8, 4) is 11.3 Å². The lowest BCUT2D eigenvalue weighted by molar-refractivity contribution is 0.278. The van der Waals surface area contributed by atoms with E-state index in [9.17, 15) is 14.3 Å². The van der Waals surface area contributed by atoms with Crippen molar-refractivity contribution in [3.63, 3.8) is 0 Å². The number of aliphatic hydroxyl groups is 1. The van der Waals surface area contributed by atoms with Crippen molar-refractivity contribution in [2.45, 2.75) is 32.9 Å². The lowest BCUT2D eigenvalue weighted by Gasteiger charge is -2.11. The number of halogens is 2. The van der Waals surface area contributed by atoms with Gasteiger partial charge in [-0.3, -0.25) is 4.79 Å². The van der Waals surface area contributed by atoms with E-state index in [0.29, 0.717) is 34.8 Å². The van der Waals surface area contributed by atoms with E-state index in [1.165, 1.54) is 10.7 Å². The standard InChI is InChI=1S/C21H20ClFN2O2/c1-14-10-16(7-8-19(14)23)20-12-17(13-26)21(27)25(24-20)9-3-5-15-4-2-6-18(22)11-15/h2,4,6-8,10-12,26H,3,5,9,13H2,1H3. The van der Waals surface area contributed by atoms with Crippen molar-refractivity contribution in [1.29, 1.82) is 0 Å². The van der Waals surface area contributed by atoms with Gasteiger partial charge in [0.05, 0.1) is 12.3 Å². The van der Waals surface area contributed by atoms with Gasteiger partial charge in [0.1, 0.15) is 5.82 Å². The second kappa shape index (κ2) is 8.46. The molecule has 0 amide bonds. The monoisotopic (exact) mass is 386 g/mol. The number of aromatic nitrogens is 2. The first-order chi connectivity index (χ1) is 13.0. The van der Waals surface area contributed by atoms with Gasteiger partial charge in [0.25, 0.3) is 5.56 Å². The molecule has 0 spiro atoms. The summed E-state index contributed by atoms with van der Waals surface area (Å²) in [6, 6.07) is 13.8. The van der Waals surface area contributed by atoms with E-state index in [1.807, 2.05) is 24.3 Å². The fraction of sp³-hybridized carbons (Fsp3) is 0.238. The van der Waals surface area contributed by atoms with Crippen molar-refractivity contribution in [3.05, 3.63) is 86.4 Å². The fourth-order valence-corrected chi connectivity index (χ4v) is 3.15. The summed E-state index contributed by atoms with van der Waals surface area (Å²) in [5.74, 6) is -0.295. The Hall–Kier alpha value is -2.50. The topological polar surface area (TPSA) is 55.1 Å². The molecular weight excluding hydrogens is 367 g/mol. The Morgan fingerprint density at radius 2 is 2.00 bits per heavy atom. The summed E-state index contributed by atoms with van der Waals surface area (Å²) in [6.07, 6.45) is 1.45. The van der Waals surface area contributed by atoms with E-state index in [4.69, 9.17) is 11.6 Å². The van der Waals surface area contributed by atoms with Crippen LogP contribution in [0.5, 0.6) is 0 Å². The van der Waals surface area contributed by atoms with E-state index in [0.717, 1.165) is 12.0 Å². The lowest BCUT2D eigenvalue weighted by atomic mass is 10.1. The van der Waals surface area contributed by atoms with E-state index in [2.05, 4.69) is 5.10 Å².